The number of carboxylic acid groups (broad SMARTS) is 1. The zero-order valence-corrected chi connectivity index (χ0v) is 18.1. The summed E-state index contributed by atoms with van der Waals surface area (Å²) in [5.41, 5.74) is 0. The number of carbonyl (C=O) groups is 1. The number of hydrogen-bond acceptors (Lipinski definition) is 5. The molecule has 2 atom stereocenters. The first-order valence-electron chi connectivity index (χ1n) is 9.55. The van der Waals surface area contributed by atoms with Crippen LogP contribution in [0.3, 0.4) is 0 Å². The SMILES string of the molecule is CC(C)C1CCCOP(=O)(c2ccc(Oc3ccc(Cl)cc3)cc2)N1CC(=O)[O-]. The van der Waals surface area contributed by atoms with Gasteiger partial charge in [0.25, 0.3) is 0 Å². The van der Waals surface area contributed by atoms with Gasteiger partial charge in [-0.2, -0.15) is 0 Å². The van der Waals surface area contributed by atoms with Gasteiger partial charge in [0.05, 0.1) is 17.9 Å². The summed E-state index contributed by atoms with van der Waals surface area (Å²) in [6, 6.07) is 13.5. The lowest BCUT2D eigenvalue weighted by Crippen LogP contribution is -2.45. The van der Waals surface area contributed by atoms with E-state index in [1.54, 1.807) is 48.5 Å². The molecule has 0 N–H and O–H groups in total. The molecule has 8 heteroatoms. The number of rotatable bonds is 6. The van der Waals surface area contributed by atoms with Crippen LogP contribution in [0, 0.1) is 5.92 Å². The van der Waals surface area contributed by atoms with Crippen LogP contribution in [0.4, 0.5) is 0 Å². The van der Waals surface area contributed by atoms with Crippen LogP contribution >= 0.6 is 19.1 Å². The molecular weight excluding hydrogens is 413 g/mol. The lowest BCUT2D eigenvalue weighted by molar-refractivity contribution is -0.305. The predicted molar refractivity (Wildman–Crippen MR) is 111 cm³/mol. The van der Waals surface area contributed by atoms with Crippen molar-refractivity contribution in [1.82, 2.24) is 4.67 Å². The molecule has 1 aliphatic heterocycles. The van der Waals surface area contributed by atoms with E-state index in [1.165, 1.54) is 4.67 Å². The minimum Gasteiger partial charge on any atom is -0.549 e. The van der Waals surface area contributed by atoms with Crippen LogP contribution in [0.5, 0.6) is 11.5 Å². The van der Waals surface area contributed by atoms with Gasteiger partial charge in [-0.15, -0.1) is 0 Å². The van der Waals surface area contributed by atoms with Crippen molar-refractivity contribution >= 4 is 30.4 Å². The molecule has 3 rings (SSSR count). The summed E-state index contributed by atoms with van der Waals surface area (Å²) in [5.74, 6) is 0.0308. The van der Waals surface area contributed by atoms with Gasteiger partial charge in [-0.05, 0) is 67.3 Å². The van der Waals surface area contributed by atoms with Crippen molar-refractivity contribution < 1.29 is 23.7 Å². The normalized spacial score (nSPS) is 23.0. The van der Waals surface area contributed by atoms with Gasteiger partial charge in [0.15, 0.2) is 0 Å². The van der Waals surface area contributed by atoms with Gasteiger partial charge in [0.2, 0.25) is 0 Å². The minimum atomic E-state index is -3.55. The number of carboxylic acids is 1. The zero-order chi connectivity index (χ0) is 21.0. The third kappa shape index (κ3) is 5.20. The molecule has 0 spiro atoms. The molecule has 6 nitrogen and oxygen atoms in total. The fourth-order valence-electron chi connectivity index (χ4n) is 3.48. The third-order valence-corrected chi connectivity index (χ3v) is 7.75. The smallest absolute Gasteiger partial charge is 0.302 e. The molecule has 2 unspecified atom stereocenters. The first-order valence-corrected chi connectivity index (χ1v) is 11.5. The first kappa shape index (κ1) is 21.8. The van der Waals surface area contributed by atoms with Gasteiger partial charge >= 0.3 is 7.52 Å². The van der Waals surface area contributed by atoms with Crippen molar-refractivity contribution in [1.29, 1.82) is 0 Å². The Bertz CT molecular complexity index is 885. The molecular formula is C21H24ClNO5P-. The summed E-state index contributed by atoms with van der Waals surface area (Å²) >= 11 is 5.88. The van der Waals surface area contributed by atoms with Gasteiger partial charge < -0.3 is 19.2 Å². The van der Waals surface area contributed by atoms with E-state index in [-0.39, 0.29) is 12.0 Å². The number of nitrogens with zero attached hydrogens (tertiary/aromatic N) is 1. The third-order valence-electron chi connectivity index (χ3n) is 4.90. The fraction of sp³-hybridized carbons (Fsp3) is 0.381. The van der Waals surface area contributed by atoms with E-state index in [9.17, 15) is 14.5 Å². The van der Waals surface area contributed by atoms with E-state index in [2.05, 4.69) is 0 Å². The predicted octanol–water partition coefficient (Wildman–Crippen LogP) is 3.84. The average Bonchev–Trinajstić information content (AvgIpc) is 2.84. The molecule has 0 aliphatic carbocycles. The van der Waals surface area contributed by atoms with Crippen molar-refractivity contribution in [3.63, 3.8) is 0 Å². The van der Waals surface area contributed by atoms with E-state index < -0.39 is 20.0 Å². The molecule has 1 heterocycles. The molecule has 0 amide bonds. The summed E-state index contributed by atoms with van der Waals surface area (Å²) < 4.78 is 26.9. The maximum atomic E-state index is 13.9. The number of hydrogen-bond donors (Lipinski definition) is 0. The Morgan fingerprint density at radius 3 is 2.34 bits per heavy atom. The highest BCUT2D eigenvalue weighted by molar-refractivity contribution is 7.64. The van der Waals surface area contributed by atoms with E-state index in [0.29, 0.717) is 41.3 Å². The Hall–Kier alpha value is -1.85. The molecule has 1 fully saturated rings. The van der Waals surface area contributed by atoms with Crippen LogP contribution in [0.1, 0.15) is 26.7 Å². The Morgan fingerprint density at radius 2 is 1.79 bits per heavy atom. The molecule has 2 aromatic carbocycles. The van der Waals surface area contributed by atoms with Gasteiger partial charge in [-0.25, -0.2) is 4.67 Å². The monoisotopic (exact) mass is 436 g/mol. The molecule has 0 saturated carbocycles. The topological polar surface area (TPSA) is 78.9 Å². The Morgan fingerprint density at radius 1 is 1.21 bits per heavy atom. The molecule has 29 heavy (non-hydrogen) atoms. The number of ether oxygens (including phenoxy) is 1. The highest BCUT2D eigenvalue weighted by atomic mass is 35.5. The van der Waals surface area contributed by atoms with Crippen LogP contribution in [0.25, 0.3) is 0 Å². The van der Waals surface area contributed by atoms with Crippen LogP contribution in [-0.2, 0) is 13.9 Å². The average molecular weight is 437 g/mol. The summed E-state index contributed by atoms with van der Waals surface area (Å²) in [4.78, 5) is 11.4. The highest BCUT2D eigenvalue weighted by Crippen LogP contribution is 2.54. The highest BCUT2D eigenvalue weighted by Gasteiger charge is 2.41. The summed E-state index contributed by atoms with van der Waals surface area (Å²) in [6.45, 7) is 3.85. The first-order chi connectivity index (χ1) is 13.8. The maximum Gasteiger partial charge on any atom is 0.302 e. The summed E-state index contributed by atoms with van der Waals surface area (Å²) in [6.07, 6.45) is 1.43. The molecule has 0 bridgehead atoms. The number of carbonyl (C=O) groups excluding carboxylic acids is 1. The second-order valence-electron chi connectivity index (χ2n) is 7.33. The molecule has 2 aromatic rings. The standard InChI is InChI=1S/C21H25ClNO5P/c1-15(2)20-4-3-13-27-29(26,23(20)14-21(24)25)19-11-9-18(10-12-19)28-17-7-5-16(22)6-8-17/h5-12,15,20H,3-4,13-14H2,1-2H3,(H,24,25)/p-1. The fourth-order valence-corrected chi connectivity index (χ4v) is 6.18. The van der Waals surface area contributed by atoms with Crippen LogP contribution in [0.15, 0.2) is 48.5 Å². The number of benzene rings is 2. The maximum absolute atomic E-state index is 13.9. The Labute approximate surface area is 175 Å². The lowest BCUT2D eigenvalue weighted by atomic mass is 9.99. The van der Waals surface area contributed by atoms with E-state index in [4.69, 9.17) is 20.9 Å². The molecule has 0 radical (unpaired) electrons. The van der Waals surface area contributed by atoms with E-state index in [1.807, 2.05) is 13.8 Å². The Balaban J connectivity index is 1.89. The number of aliphatic carboxylic acids is 1. The van der Waals surface area contributed by atoms with Gasteiger partial charge in [-0.3, -0.25) is 4.57 Å². The van der Waals surface area contributed by atoms with Crippen LogP contribution in [-0.4, -0.2) is 29.8 Å². The van der Waals surface area contributed by atoms with Crippen molar-refractivity contribution in [2.75, 3.05) is 13.2 Å². The van der Waals surface area contributed by atoms with Gasteiger partial charge in [-0.1, -0.05) is 25.4 Å². The largest absolute Gasteiger partial charge is 0.549 e. The van der Waals surface area contributed by atoms with E-state index >= 15 is 0 Å². The summed E-state index contributed by atoms with van der Waals surface area (Å²) in [7, 11) is -3.55. The van der Waals surface area contributed by atoms with E-state index in [0.717, 1.165) is 0 Å². The van der Waals surface area contributed by atoms with Crippen LogP contribution < -0.4 is 15.1 Å². The quantitative estimate of drug-likeness (QED) is 0.640. The van der Waals surface area contributed by atoms with Crippen molar-refractivity contribution in [2.24, 2.45) is 5.92 Å². The second-order valence-corrected chi connectivity index (χ2v) is 10.1. The second kappa shape index (κ2) is 9.31. The van der Waals surface area contributed by atoms with Gasteiger partial charge in [0.1, 0.15) is 11.5 Å². The lowest BCUT2D eigenvalue weighted by Gasteiger charge is -2.37. The van der Waals surface area contributed by atoms with Crippen molar-refractivity contribution in [3.8, 4) is 11.5 Å². The number of halogens is 1. The Kier molecular flexibility index (Phi) is 7.01. The van der Waals surface area contributed by atoms with Crippen molar-refractivity contribution in [2.45, 2.75) is 32.7 Å². The molecule has 156 valence electrons. The van der Waals surface area contributed by atoms with Gasteiger partial charge in [0, 0.05) is 17.6 Å². The van der Waals surface area contributed by atoms with Crippen LogP contribution in [0.2, 0.25) is 5.02 Å². The molecule has 0 aromatic heterocycles. The van der Waals surface area contributed by atoms with Crippen molar-refractivity contribution in [3.05, 3.63) is 53.6 Å². The molecule has 1 saturated heterocycles. The molecule has 1 aliphatic rings. The zero-order valence-electron chi connectivity index (χ0n) is 16.4. The minimum absolute atomic E-state index is 0.122. The summed E-state index contributed by atoms with van der Waals surface area (Å²) in [5, 5.41) is 12.4.